The number of rotatable bonds is 16. The van der Waals surface area contributed by atoms with Crippen molar-refractivity contribution >= 4 is 0 Å². The van der Waals surface area contributed by atoms with Crippen LogP contribution >= 0.6 is 0 Å². The maximum atomic E-state index is 9.48. The molecule has 0 aromatic rings. The van der Waals surface area contributed by atoms with E-state index in [4.69, 9.17) is 5.11 Å². The predicted molar refractivity (Wildman–Crippen MR) is 89.4 cm³/mol. The largest absolute Gasteiger partial charge is 0.394 e. The average molecular weight is 302 g/mol. The minimum Gasteiger partial charge on any atom is -0.394 e. The fraction of sp³-hybridized carbons (Fsp3) is 1.00. The van der Waals surface area contributed by atoms with Crippen molar-refractivity contribution in [2.75, 3.05) is 6.61 Å². The SMILES string of the molecule is CCCCCCCCCCCCCCC[C@H](O)[C@H](O)CO. The van der Waals surface area contributed by atoms with Gasteiger partial charge in [-0.1, -0.05) is 90.4 Å². The zero-order valence-corrected chi connectivity index (χ0v) is 14.1. The third-order valence-corrected chi connectivity index (χ3v) is 4.23. The highest BCUT2D eigenvalue weighted by molar-refractivity contribution is 4.65. The van der Waals surface area contributed by atoms with Gasteiger partial charge in [0.2, 0.25) is 0 Å². The van der Waals surface area contributed by atoms with Crippen LogP contribution in [0.4, 0.5) is 0 Å². The molecule has 0 amide bonds. The Balaban J connectivity index is 3.09. The number of aliphatic hydroxyl groups is 3. The molecule has 21 heavy (non-hydrogen) atoms. The second-order valence-corrected chi connectivity index (χ2v) is 6.35. The minimum atomic E-state index is -0.970. The highest BCUT2D eigenvalue weighted by Crippen LogP contribution is 2.13. The van der Waals surface area contributed by atoms with E-state index in [1.165, 1.54) is 70.6 Å². The van der Waals surface area contributed by atoms with Crippen molar-refractivity contribution in [1.29, 1.82) is 0 Å². The molecule has 0 saturated carbocycles. The van der Waals surface area contributed by atoms with Gasteiger partial charge in [0.25, 0.3) is 0 Å². The number of hydrogen-bond acceptors (Lipinski definition) is 3. The molecule has 0 aliphatic heterocycles. The Morgan fingerprint density at radius 3 is 1.33 bits per heavy atom. The van der Waals surface area contributed by atoms with Crippen LogP contribution in [0, 0.1) is 0 Å². The van der Waals surface area contributed by atoms with E-state index in [1.54, 1.807) is 0 Å². The van der Waals surface area contributed by atoms with E-state index in [0.717, 1.165) is 12.8 Å². The summed E-state index contributed by atoms with van der Waals surface area (Å²) < 4.78 is 0. The van der Waals surface area contributed by atoms with Crippen LogP contribution in [-0.2, 0) is 0 Å². The predicted octanol–water partition coefficient (Wildman–Crippen LogP) is 4.18. The van der Waals surface area contributed by atoms with Crippen molar-refractivity contribution in [3.63, 3.8) is 0 Å². The molecule has 3 heteroatoms. The number of aliphatic hydroxyl groups excluding tert-OH is 3. The molecule has 0 aromatic heterocycles. The Morgan fingerprint density at radius 2 is 0.952 bits per heavy atom. The van der Waals surface area contributed by atoms with Crippen LogP contribution in [0.1, 0.15) is 96.8 Å². The maximum absolute atomic E-state index is 9.48. The molecule has 0 fully saturated rings. The van der Waals surface area contributed by atoms with Crippen LogP contribution in [0.5, 0.6) is 0 Å². The topological polar surface area (TPSA) is 60.7 Å². The van der Waals surface area contributed by atoms with Gasteiger partial charge in [-0.25, -0.2) is 0 Å². The lowest BCUT2D eigenvalue weighted by Crippen LogP contribution is -2.28. The maximum Gasteiger partial charge on any atom is 0.103 e. The van der Waals surface area contributed by atoms with Crippen molar-refractivity contribution in [1.82, 2.24) is 0 Å². The Morgan fingerprint density at radius 1 is 0.571 bits per heavy atom. The summed E-state index contributed by atoms with van der Waals surface area (Å²) >= 11 is 0. The van der Waals surface area contributed by atoms with E-state index in [2.05, 4.69) is 6.92 Å². The first kappa shape index (κ1) is 20.9. The molecule has 3 nitrogen and oxygen atoms in total. The van der Waals surface area contributed by atoms with Gasteiger partial charge in [-0.05, 0) is 6.42 Å². The summed E-state index contributed by atoms with van der Waals surface area (Å²) in [6.07, 6.45) is 15.9. The average Bonchev–Trinajstić information content (AvgIpc) is 2.50. The fourth-order valence-electron chi connectivity index (χ4n) is 2.69. The van der Waals surface area contributed by atoms with Gasteiger partial charge >= 0.3 is 0 Å². The molecular formula is C18H38O3. The van der Waals surface area contributed by atoms with Gasteiger partial charge in [0.05, 0.1) is 12.7 Å². The van der Waals surface area contributed by atoms with Gasteiger partial charge < -0.3 is 15.3 Å². The smallest absolute Gasteiger partial charge is 0.103 e. The third kappa shape index (κ3) is 14.6. The first-order valence-electron chi connectivity index (χ1n) is 9.19. The summed E-state index contributed by atoms with van der Waals surface area (Å²) in [5.74, 6) is 0. The van der Waals surface area contributed by atoms with Crippen LogP contribution in [0.2, 0.25) is 0 Å². The molecule has 2 atom stereocenters. The van der Waals surface area contributed by atoms with Crippen molar-refractivity contribution in [2.45, 2.75) is 109 Å². The van der Waals surface area contributed by atoms with E-state index in [-0.39, 0.29) is 6.61 Å². The van der Waals surface area contributed by atoms with Crippen molar-refractivity contribution in [2.24, 2.45) is 0 Å². The molecule has 0 spiro atoms. The molecule has 128 valence electrons. The molecule has 0 heterocycles. The van der Waals surface area contributed by atoms with Gasteiger partial charge in [0.15, 0.2) is 0 Å². The van der Waals surface area contributed by atoms with E-state index < -0.39 is 12.2 Å². The summed E-state index contributed by atoms with van der Waals surface area (Å²) in [7, 11) is 0. The van der Waals surface area contributed by atoms with Crippen LogP contribution < -0.4 is 0 Å². The van der Waals surface area contributed by atoms with Gasteiger partial charge in [-0.15, -0.1) is 0 Å². The van der Waals surface area contributed by atoms with Gasteiger partial charge in [0, 0.05) is 0 Å². The molecule has 0 radical (unpaired) electrons. The normalized spacial score (nSPS) is 14.3. The van der Waals surface area contributed by atoms with Crippen molar-refractivity contribution in [3.8, 4) is 0 Å². The standard InChI is InChI=1S/C18H38O3/c1-2-3-4-5-6-7-8-9-10-11-12-13-14-15-17(20)18(21)16-19/h17-21H,2-16H2,1H3/t17-,18+/m0/s1. The Bertz CT molecular complexity index is 197. The summed E-state index contributed by atoms with van der Waals surface area (Å²) in [6, 6.07) is 0. The molecule has 0 aliphatic carbocycles. The third-order valence-electron chi connectivity index (χ3n) is 4.23. The highest BCUT2D eigenvalue weighted by atomic mass is 16.4. The quantitative estimate of drug-likeness (QED) is 0.375. The lowest BCUT2D eigenvalue weighted by atomic mass is 10.0. The summed E-state index contributed by atoms with van der Waals surface area (Å²) in [6.45, 7) is 1.91. The van der Waals surface area contributed by atoms with E-state index >= 15 is 0 Å². The first-order valence-corrected chi connectivity index (χ1v) is 9.19. The number of hydrogen-bond donors (Lipinski definition) is 3. The molecule has 0 saturated heterocycles. The fourth-order valence-corrected chi connectivity index (χ4v) is 2.69. The summed E-state index contributed by atoms with van der Waals surface area (Å²) in [5, 5.41) is 27.4. The van der Waals surface area contributed by atoms with Crippen LogP contribution in [0.15, 0.2) is 0 Å². The molecular weight excluding hydrogens is 264 g/mol. The van der Waals surface area contributed by atoms with Crippen LogP contribution in [0.3, 0.4) is 0 Å². The van der Waals surface area contributed by atoms with Gasteiger partial charge in [-0.3, -0.25) is 0 Å². The second kappa shape index (κ2) is 16.3. The monoisotopic (exact) mass is 302 g/mol. The van der Waals surface area contributed by atoms with Crippen molar-refractivity contribution < 1.29 is 15.3 Å². The Labute approximate surface area is 131 Å². The molecule has 0 aromatic carbocycles. The van der Waals surface area contributed by atoms with E-state index in [9.17, 15) is 10.2 Å². The lowest BCUT2D eigenvalue weighted by molar-refractivity contribution is -0.0185. The highest BCUT2D eigenvalue weighted by Gasteiger charge is 2.13. The second-order valence-electron chi connectivity index (χ2n) is 6.35. The van der Waals surface area contributed by atoms with Crippen LogP contribution in [0.25, 0.3) is 0 Å². The van der Waals surface area contributed by atoms with E-state index in [1.807, 2.05) is 0 Å². The zero-order valence-electron chi connectivity index (χ0n) is 14.1. The lowest BCUT2D eigenvalue weighted by Gasteiger charge is -2.14. The molecule has 0 aliphatic rings. The first-order chi connectivity index (χ1) is 10.2. The van der Waals surface area contributed by atoms with Crippen molar-refractivity contribution in [3.05, 3.63) is 0 Å². The molecule has 0 rings (SSSR count). The Kier molecular flexibility index (Phi) is 16.2. The van der Waals surface area contributed by atoms with Crippen LogP contribution in [-0.4, -0.2) is 34.1 Å². The van der Waals surface area contributed by atoms with Gasteiger partial charge in [0.1, 0.15) is 6.10 Å². The minimum absolute atomic E-state index is 0.348. The summed E-state index contributed by atoms with van der Waals surface area (Å²) in [4.78, 5) is 0. The zero-order chi connectivity index (χ0) is 15.8. The Hall–Kier alpha value is -0.120. The van der Waals surface area contributed by atoms with E-state index in [0.29, 0.717) is 6.42 Å². The molecule has 3 N–H and O–H groups in total. The number of unbranched alkanes of at least 4 members (excludes halogenated alkanes) is 12. The summed E-state index contributed by atoms with van der Waals surface area (Å²) in [5.41, 5.74) is 0. The molecule has 0 bridgehead atoms. The molecule has 0 unspecified atom stereocenters. The van der Waals surface area contributed by atoms with Gasteiger partial charge in [-0.2, -0.15) is 0 Å².